The maximum absolute atomic E-state index is 12.1. The van der Waals surface area contributed by atoms with Crippen molar-refractivity contribution in [2.75, 3.05) is 13.6 Å². The lowest BCUT2D eigenvalue weighted by Crippen LogP contribution is -2.27. The molecule has 5 nitrogen and oxygen atoms in total. The summed E-state index contributed by atoms with van der Waals surface area (Å²) in [6.45, 7) is 2.21. The van der Waals surface area contributed by atoms with Crippen molar-refractivity contribution in [2.45, 2.75) is 13.3 Å². The fourth-order valence-electron chi connectivity index (χ4n) is 1.65. The Balaban J connectivity index is 2.97. The number of rotatable bonds is 5. The van der Waals surface area contributed by atoms with Crippen LogP contribution in [-0.2, 0) is 4.79 Å². The van der Waals surface area contributed by atoms with Crippen molar-refractivity contribution in [1.29, 1.82) is 5.26 Å². The largest absolute Gasteiger partial charge is 0.478 e. The lowest BCUT2D eigenvalue weighted by atomic mass is 10.0. The monoisotopic (exact) mass is 272 g/mol. The van der Waals surface area contributed by atoms with E-state index in [-0.39, 0.29) is 12.3 Å². The lowest BCUT2D eigenvalue weighted by molar-refractivity contribution is -0.131. The summed E-state index contributed by atoms with van der Waals surface area (Å²) in [5.74, 6) is -1.22. The number of aliphatic carboxylic acids is 1. The highest BCUT2D eigenvalue weighted by molar-refractivity contribution is 5.95. The number of carbonyl (C=O) groups is 2. The topological polar surface area (TPSA) is 81.4 Å². The Morgan fingerprint density at radius 2 is 2.15 bits per heavy atom. The molecular weight excluding hydrogens is 256 g/mol. The number of carbonyl (C=O) groups excluding carboxylic acids is 1. The molecule has 0 aliphatic rings. The highest BCUT2D eigenvalue weighted by Gasteiger charge is 2.12. The van der Waals surface area contributed by atoms with Crippen LogP contribution in [0.5, 0.6) is 0 Å². The minimum absolute atomic E-state index is 0.190. The van der Waals surface area contributed by atoms with Gasteiger partial charge in [0, 0.05) is 25.2 Å². The third-order valence-corrected chi connectivity index (χ3v) is 2.84. The molecule has 0 fully saturated rings. The van der Waals surface area contributed by atoms with Crippen LogP contribution in [0.4, 0.5) is 0 Å². The smallest absolute Gasteiger partial charge is 0.328 e. The number of carboxylic acids is 1. The summed E-state index contributed by atoms with van der Waals surface area (Å²) in [5.41, 5.74) is 2.05. The molecule has 0 atom stereocenters. The van der Waals surface area contributed by atoms with E-state index in [1.54, 1.807) is 25.2 Å². The van der Waals surface area contributed by atoms with E-state index in [4.69, 9.17) is 10.4 Å². The number of nitriles is 1. The van der Waals surface area contributed by atoms with Crippen molar-refractivity contribution in [2.24, 2.45) is 0 Å². The van der Waals surface area contributed by atoms with Crippen LogP contribution in [-0.4, -0.2) is 35.5 Å². The summed E-state index contributed by atoms with van der Waals surface area (Å²) in [6.07, 6.45) is 2.78. The molecule has 104 valence electrons. The lowest BCUT2D eigenvalue weighted by Gasteiger charge is -2.16. The molecule has 0 bridgehead atoms. The number of amides is 1. The average molecular weight is 272 g/mol. The summed E-state index contributed by atoms with van der Waals surface area (Å²) >= 11 is 0. The van der Waals surface area contributed by atoms with Gasteiger partial charge < -0.3 is 10.0 Å². The zero-order valence-electron chi connectivity index (χ0n) is 11.5. The van der Waals surface area contributed by atoms with Crippen LogP contribution >= 0.6 is 0 Å². The van der Waals surface area contributed by atoms with E-state index in [0.717, 1.165) is 11.6 Å². The molecule has 0 aromatic heterocycles. The summed E-state index contributed by atoms with van der Waals surface area (Å²) < 4.78 is 0. The molecule has 1 N–H and O–H groups in total. The number of aryl methyl sites for hydroxylation is 1. The summed E-state index contributed by atoms with van der Waals surface area (Å²) in [5, 5.41) is 17.2. The van der Waals surface area contributed by atoms with Gasteiger partial charge in [0.1, 0.15) is 0 Å². The highest BCUT2D eigenvalue weighted by Crippen LogP contribution is 2.14. The van der Waals surface area contributed by atoms with E-state index in [0.29, 0.717) is 17.7 Å². The van der Waals surface area contributed by atoms with Crippen LogP contribution in [0.2, 0.25) is 0 Å². The summed E-state index contributed by atoms with van der Waals surface area (Å²) in [7, 11) is 1.63. The van der Waals surface area contributed by atoms with Gasteiger partial charge in [-0.2, -0.15) is 5.26 Å². The Morgan fingerprint density at radius 3 is 2.75 bits per heavy atom. The van der Waals surface area contributed by atoms with Crippen LogP contribution in [0.1, 0.15) is 27.9 Å². The van der Waals surface area contributed by atoms with Gasteiger partial charge in [0.05, 0.1) is 12.5 Å². The molecule has 0 saturated heterocycles. The number of carboxylic acid groups (broad SMARTS) is 1. The molecule has 0 aliphatic heterocycles. The van der Waals surface area contributed by atoms with Crippen LogP contribution in [0, 0.1) is 18.3 Å². The number of hydrogen-bond acceptors (Lipinski definition) is 3. The molecule has 20 heavy (non-hydrogen) atoms. The average Bonchev–Trinajstić information content (AvgIpc) is 2.42. The first-order chi connectivity index (χ1) is 9.45. The maximum Gasteiger partial charge on any atom is 0.328 e. The van der Waals surface area contributed by atoms with Crippen molar-refractivity contribution in [1.82, 2.24) is 4.90 Å². The molecule has 0 aliphatic carbocycles. The van der Waals surface area contributed by atoms with Gasteiger partial charge in [-0.3, -0.25) is 4.79 Å². The van der Waals surface area contributed by atoms with Crippen LogP contribution < -0.4 is 0 Å². The Labute approximate surface area is 117 Å². The highest BCUT2D eigenvalue weighted by atomic mass is 16.4. The van der Waals surface area contributed by atoms with E-state index in [9.17, 15) is 9.59 Å². The second kappa shape index (κ2) is 7.10. The Hall–Kier alpha value is -2.61. The van der Waals surface area contributed by atoms with Crippen molar-refractivity contribution < 1.29 is 14.7 Å². The van der Waals surface area contributed by atoms with Crippen LogP contribution in [0.25, 0.3) is 6.08 Å². The van der Waals surface area contributed by atoms with E-state index in [1.807, 2.05) is 13.0 Å². The fraction of sp³-hybridized carbons (Fsp3) is 0.267. The minimum Gasteiger partial charge on any atom is -0.478 e. The maximum atomic E-state index is 12.1. The molecule has 0 radical (unpaired) electrons. The van der Waals surface area contributed by atoms with Gasteiger partial charge in [-0.15, -0.1) is 0 Å². The molecular formula is C15H16N2O3. The second-order valence-corrected chi connectivity index (χ2v) is 4.38. The second-order valence-electron chi connectivity index (χ2n) is 4.38. The van der Waals surface area contributed by atoms with Gasteiger partial charge in [0.15, 0.2) is 0 Å². The third-order valence-electron chi connectivity index (χ3n) is 2.84. The summed E-state index contributed by atoms with van der Waals surface area (Å²) in [6, 6.07) is 7.10. The number of nitrogens with zero attached hydrogens (tertiary/aromatic N) is 2. The van der Waals surface area contributed by atoms with Crippen molar-refractivity contribution in [3.8, 4) is 6.07 Å². The molecule has 0 saturated carbocycles. The zero-order valence-corrected chi connectivity index (χ0v) is 11.5. The molecule has 5 heteroatoms. The van der Waals surface area contributed by atoms with Crippen molar-refractivity contribution in [3.63, 3.8) is 0 Å². The number of benzene rings is 1. The minimum atomic E-state index is -1.03. The van der Waals surface area contributed by atoms with Gasteiger partial charge in [-0.25, -0.2) is 4.79 Å². The van der Waals surface area contributed by atoms with Gasteiger partial charge in [-0.05, 0) is 36.3 Å². The first-order valence-corrected chi connectivity index (χ1v) is 6.09. The molecule has 0 spiro atoms. The fourth-order valence-corrected chi connectivity index (χ4v) is 1.65. The predicted octanol–water partition coefficient (Wildman–Crippen LogP) is 2.08. The van der Waals surface area contributed by atoms with Crippen molar-refractivity contribution >= 4 is 18.0 Å². The first kappa shape index (κ1) is 15.4. The Bertz CT molecular complexity index is 585. The standard InChI is InChI=1S/C15H16N2O3/c1-11-4-5-13(10-12(11)6-7-14(18)19)15(20)17(2)9-3-8-16/h4-7,10H,3,9H2,1-2H3,(H,18,19)/b7-6+. The quantitative estimate of drug-likeness (QED) is 0.832. The predicted molar refractivity (Wildman–Crippen MR) is 75.0 cm³/mol. The van der Waals surface area contributed by atoms with Crippen LogP contribution in [0.15, 0.2) is 24.3 Å². The molecule has 0 heterocycles. The normalized spacial score (nSPS) is 10.2. The third kappa shape index (κ3) is 4.25. The van der Waals surface area contributed by atoms with Gasteiger partial charge in [-0.1, -0.05) is 6.07 Å². The molecule has 1 amide bonds. The SMILES string of the molecule is Cc1ccc(C(=O)N(C)CCC#N)cc1/C=C/C(=O)O. The van der Waals surface area contributed by atoms with E-state index < -0.39 is 5.97 Å². The first-order valence-electron chi connectivity index (χ1n) is 6.09. The summed E-state index contributed by atoms with van der Waals surface area (Å²) in [4.78, 5) is 24.1. The molecule has 1 aromatic carbocycles. The van der Waals surface area contributed by atoms with Gasteiger partial charge >= 0.3 is 5.97 Å². The van der Waals surface area contributed by atoms with Gasteiger partial charge in [0.25, 0.3) is 5.91 Å². The Kier molecular flexibility index (Phi) is 5.48. The molecule has 1 rings (SSSR count). The molecule has 0 unspecified atom stereocenters. The van der Waals surface area contributed by atoms with E-state index in [1.165, 1.54) is 11.0 Å². The zero-order chi connectivity index (χ0) is 15.1. The molecule has 1 aromatic rings. The van der Waals surface area contributed by atoms with E-state index >= 15 is 0 Å². The van der Waals surface area contributed by atoms with Crippen molar-refractivity contribution in [3.05, 3.63) is 41.0 Å². The number of hydrogen-bond donors (Lipinski definition) is 1. The Morgan fingerprint density at radius 1 is 1.45 bits per heavy atom. The van der Waals surface area contributed by atoms with Crippen LogP contribution in [0.3, 0.4) is 0 Å². The van der Waals surface area contributed by atoms with E-state index in [2.05, 4.69) is 0 Å². The van der Waals surface area contributed by atoms with Gasteiger partial charge in [0.2, 0.25) is 0 Å².